The number of ether oxygens (including phenoxy) is 1. The van der Waals surface area contributed by atoms with Crippen LogP contribution in [0, 0.1) is 11.8 Å². The largest absolute Gasteiger partial charge is 0.496 e. The van der Waals surface area contributed by atoms with Gasteiger partial charge in [0.25, 0.3) is 0 Å². The lowest BCUT2D eigenvalue weighted by Crippen LogP contribution is -2.48. The first-order valence-electron chi connectivity index (χ1n) is 9.53. The van der Waals surface area contributed by atoms with Gasteiger partial charge in [0.2, 0.25) is 0 Å². The van der Waals surface area contributed by atoms with Crippen LogP contribution in [0.25, 0.3) is 0 Å². The summed E-state index contributed by atoms with van der Waals surface area (Å²) in [6.45, 7) is 3.12. The molecule has 0 aliphatic heterocycles. The van der Waals surface area contributed by atoms with E-state index in [1.165, 1.54) is 31.2 Å². The smallest absolute Gasteiger partial charge is 0.128 e. The number of rotatable bonds is 5. The Morgan fingerprint density at radius 1 is 1.17 bits per heavy atom. The molecule has 0 aromatic heterocycles. The molecule has 3 rings (SSSR count). The molecule has 1 aromatic carbocycles. The fraction of sp³-hybridized carbons (Fsp3) is 0.714. The normalized spacial score (nSPS) is 31.1. The molecule has 0 amide bonds. The van der Waals surface area contributed by atoms with E-state index in [-0.39, 0.29) is 11.8 Å². The highest BCUT2D eigenvalue weighted by molar-refractivity contribution is 5.48. The van der Waals surface area contributed by atoms with Gasteiger partial charge in [-0.05, 0) is 57.2 Å². The number of para-hydroxylation sites is 1. The average Bonchev–Trinajstić information content (AvgIpc) is 2.49. The molecular formula is C21H33NO2. The third kappa shape index (κ3) is 2.97. The molecule has 3 nitrogen and oxygen atoms in total. The third-order valence-electron chi connectivity index (χ3n) is 6.38. The first kappa shape index (κ1) is 17.8. The van der Waals surface area contributed by atoms with Crippen molar-refractivity contribution in [1.82, 2.24) is 4.90 Å². The molecule has 3 unspecified atom stereocenters. The van der Waals surface area contributed by atoms with E-state index in [0.717, 1.165) is 30.7 Å². The molecule has 2 saturated carbocycles. The highest BCUT2D eigenvalue weighted by Crippen LogP contribution is 2.51. The lowest BCUT2D eigenvalue weighted by molar-refractivity contribution is -0.103. The van der Waals surface area contributed by atoms with Crippen LogP contribution in [0.1, 0.15) is 62.5 Å². The quantitative estimate of drug-likeness (QED) is 0.880. The lowest BCUT2D eigenvalue weighted by Gasteiger charge is -2.47. The molecular weight excluding hydrogens is 298 g/mol. The molecule has 2 fully saturated rings. The monoisotopic (exact) mass is 331 g/mol. The summed E-state index contributed by atoms with van der Waals surface area (Å²) in [5, 5.41) is 11.9. The summed E-state index contributed by atoms with van der Waals surface area (Å²) in [5.41, 5.74) is 1.53. The number of benzene rings is 1. The van der Waals surface area contributed by atoms with Gasteiger partial charge in [0.1, 0.15) is 5.75 Å². The minimum atomic E-state index is -0.798. The first-order chi connectivity index (χ1) is 11.5. The second-order valence-corrected chi connectivity index (χ2v) is 8.17. The van der Waals surface area contributed by atoms with E-state index >= 15 is 0 Å². The van der Waals surface area contributed by atoms with E-state index in [2.05, 4.69) is 44.1 Å². The number of hydrogen-bond donors (Lipinski definition) is 1. The van der Waals surface area contributed by atoms with Crippen LogP contribution in [0.5, 0.6) is 5.75 Å². The molecule has 2 aliphatic carbocycles. The minimum Gasteiger partial charge on any atom is -0.496 e. The maximum atomic E-state index is 11.9. The van der Waals surface area contributed by atoms with Gasteiger partial charge in [0, 0.05) is 18.0 Å². The van der Waals surface area contributed by atoms with Crippen LogP contribution in [-0.4, -0.2) is 37.8 Å². The molecule has 3 atom stereocenters. The van der Waals surface area contributed by atoms with Crippen LogP contribution in [0.15, 0.2) is 18.2 Å². The number of nitrogens with zero attached hydrogens (tertiary/aromatic N) is 1. The van der Waals surface area contributed by atoms with E-state index in [4.69, 9.17) is 4.74 Å². The van der Waals surface area contributed by atoms with Gasteiger partial charge >= 0.3 is 0 Å². The van der Waals surface area contributed by atoms with Crippen LogP contribution >= 0.6 is 0 Å². The Hall–Kier alpha value is -1.06. The molecule has 0 heterocycles. The van der Waals surface area contributed by atoms with E-state index in [1.807, 2.05) is 0 Å². The van der Waals surface area contributed by atoms with Gasteiger partial charge in [0.05, 0.1) is 12.7 Å². The van der Waals surface area contributed by atoms with Gasteiger partial charge in [0.15, 0.2) is 0 Å². The van der Waals surface area contributed by atoms with Crippen LogP contribution in [0.2, 0.25) is 0 Å². The molecule has 2 aliphatic rings. The van der Waals surface area contributed by atoms with Crippen molar-refractivity contribution in [3.05, 3.63) is 29.3 Å². The summed E-state index contributed by atoms with van der Waals surface area (Å²) in [4.78, 5) is 2.20. The fourth-order valence-corrected chi connectivity index (χ4v) is 4.81. The zero-order valence-corrected chi connectivity index (χ0v) is 15.7. The van der Waals surface area contributed by atoms with Gasteiger partial charge in [-0.3, -0.25) is 0 Å². The summed E-state index contributed by atoms with van der Waals surface area (Å²) in [6.07, 6.45) is 7.16. The van der Waals surface area contributed by atoms with Crippen LogP contribution in [-0.2, 0) is 5.60 Å². The molecule has 1 N–H and O–H groups in total. The molecule has 0 saturated heterocycles. The topological polar surface area (TPSA) is 32.7 Å². The first-order valence-corrected chi connectivity index (χ1v) is 9.53. The molecule has 3 heteroatoms. The molecule has 0 bridgehead atoms. The Morgan fingerprint density at radius 2 is 1.88 bits per heavy atom. The van der Waals surface area contributed by atoms with E-state index < -0.39 is 5.60 Å². The zero-order chi connectivity index (χ0) is 17.3. The van der Waals surface area contributed by atoms with Crippen molar-refractivity contribution in [1.29, 1.82) is 0 Å². The third-order valence-corrected chi connectivity index (χ3v) is 6.38. The van der Waals surface area contributed by atoms with E-state index in [0.29, 0.717) is 5.92 Å². The maximum Gasteiger partial charge on any atom is 0.128 e. The Bertz CT molecular complexity index is 567. The van der Waals surface area contributed by atoms with Crippen molar-refractivity contribution in [2.75, 3.05) is 27.7 Å². The summed E-state index contributed by atoms with van der Waals surface area (Å²) in [7, 11) is 5.96. The van der Waals surface area contributed by atoms with Crippen molar-refractivity contribution < 1.29 is 9.84 Å². The fourth-order valence-electron chi connectivity index (χ4n) is 4.81. The Kier molecular flexibility index (Phi) is 5.22. The predicted octanol–water partition coefficient (Wildman–Crippen LogP) is 4.15. The van der Waals surface area contributed by atoms with Gasteiger partial charge in [-0.1, -0.05) is 38.0 Å². The SMILES string of the molecule is COc1c(C2CCC2)cccc1C1(O)C(C)CCCC1CN(C)C. The summed E-state index contributed by atoms with van der Waals surface area (Å²) in [6, 6.07) is 6.42. The molecule has 0 radical (unpaired) electrons. The van der Waals surface area contributed by atoms with Gasteiger partial charge in [-0.2, -0.15) is 0 Å². The van der Waals surface area contributed by atoms with E-state index in [1.54, 1.807) is 7.11 Å². The van der Waals surface area contributed by atoms with Gasteiger partial charge in [-0.15, -0.1) is 0 Å². The zero-order valence-electron chi connectivity index (χ0n) is 15.7. The lowest BCUT2D eigenvalue weighted by atomic mass is 9.64. The Morgan fingerprint density at radius 3 is 2.46 bits per heavy atom. The second-order valence-electron chi connectivity index (χ2n) is 8.17. The maximum absolute atomic E-state index is 11.9. The van der Waals surface area contributed by atoms with Gasteiger partial charge in [-0.25, -0.2) is 0 Å². The van der Waals surface area contributed by atoms with Crippen molar-refractivity contribution in [2.45, 2.75) is 57.0 Å². The highest BCUT2D eigenvalue weighted by Gasteiger charge is 2.47. The summed E-state index contributed by atoms with van der Waals surface area (Å²) in [5.74, 6) is 2.06. The van der Waals surface area contributed by atoms with Crippen molar-refractivity contribution in [3.63, 3.8) is 0 Å². The molecule has 1 aromatic rings. The summed E-state index contributed by atoms with van der Waals surface area (Å²) < 4.78 is 5.88. The number of hydrogen-bond acceptors (Lipinski definition) is 3. The van der Waals surface area contributed by atoms with Crippen molar-refractivity contribution in [2.24, 2.45) is 11.8 Å². The van der Waals surface area contributed by atoms with Crippen LogP contribution < -0.4 is 4.74 Å². The van der Waals surface area contributed by atoms with E-state index in [9.17, 15) is 5.11 Å². The predicted molar refractivity (Wildman–Crippen MR) is 98.5 cm³/mol. The standard InChI is InChI=1S/C21H33NO2/c1-15-8-5-11-17(14-22(2)3)21(15,23)19-13-7-12-18(20(19)24-4)16-9-6-10-16/h7,12-13,15-17,23H,5-6,8-11,14H2,1-4H3. The Labute approximate surface area is 147 Å². The molecule has 134 valence electrons. The minimum absolute atomic E-state index is 0.252. The number of methoxy groups -OCH3 is 1. The molecule has 24 heavy (non-hydrogen) atoms. The summed E-state index contributed by atoms with van der Waals surface area (Å²) >= 11 is 0. The molecule has 0 spiro atoms. The van der Waals surface area contributed by atoms with Crippen LogP contribution in [0.3, 0.4) is 0 Å². The Balaban J connectivity index is 2.05. The van der Waals surface area contributed by atoms with Crippen molar-refractivity contribution in [3.8, 4) is 5.75 Å². The number of aliphatic hydroxyl groups is 1. The second kappa shape index (κ2) is 7.05. The average molecular weight is 332 g/mol. The van der Waals surface area contributed by atoms with Gasteiger partial charge < -0.3 is 14.7 Å². The van der Waals surface area contributed by atoms with Crippen molar-refractivity contribution >= 4 is 0 Å². The van der Waals surface area contributed by atoms with Crippen LogP contribution in [0.4, 0.5) is 0 Å². The highest BCUT2D eigenvalue weighted by atomic mass is 16.5.